The standard InChI is InChI=1S/C18H15FN4O/c19-16-14(13-9-20-11-21-10-13)5-6-15(12-3-1-4-12)17(16)24-18-22-7-2-8-23-18/h2,5-12H,1,3-4H2. The Morgan fingerprint density at radius 1 is 1.04 bits per heavy atom. The zero-order valence-corrected chi connectivity index (χ0v) is 12.9. The van der Waals surface area contributed by atoms with Crippen molar-refractivity contribution in [2.75, 3.05) is 0 Å². The number of nitrogens with zero attached hydrogens (tertiary/aromatic N) is 4. The second-order valence-corrected chi connectivity index (χ2v) is 5.73. The Bertz CT molecular complexity index is 838. The van der Waals surface area contributed by atoms with Crippen LogP contribution in [-0.4, -0.2) is 19.9 Å². The van der Waals surface area contributed by atoms with E-state index in [-0.39, 0.29) is 11.8 Å². The van der Waals surface area contributed by atoms with Crippen molar-refractivity contribution in [2.45, 2.75) is 25.2 Å². The van der Waals surface area contributed by atoms with E-state index in [0.717, 1.165) is 24.8 Å². The lowest BCUT2D eigenvalue weighted by Gasteiger charge is -2.28. The summed E-state index contributed by atoms with van der Waals surface area (Å²) in [5.74, 6) is 0.0909. The Kier molecular flexibility index (Phi) is 3.86. The van der Waals surface area contributed by atoms with Crippen LogP contribution in [0.1, 0.15) is 30.7 Å². The first-order valence-electron chi connectivity index (χ1n) is 7.85. The van der Waals surface area contributed by atoms with Gasteiger partial charge in [-0.25, -0.2) is 24.3 Å². The van der Waals surface area contributed by atoms with Crippen molar-refractivity contribution < 1.29 is 9.13 Å². The van der Waals surface area contributed by atoms with Crippen LogP contribution in [0.2, 0.25) is 0 Å². The van der Waals surface area contributed by atoms with Crippen molar-refractivity contribution in [1.82, 2.24) is 19.9 Å². The van der Waals surface area contributed by atoms with E-state index in [4.69, 9.17) is 4.74 Å². The molecule has 24 heavy (non-hydrogen) atoms. The fourth-order valence-electron chi connectivity index (χ4n) is 2.81. The lowest BCUT2D eigenvalue weighted by atomic mass is 9.79. The van der Waals surface area contributed by atoms with Crippen molar-refractivity contribution in [2.24, 2.45) is 0 Å². The molecule has 0 bridgehead atoms. The van der Waals surface area contributed by atoms with Crippen LogP contribution in [0.3, 0.4) is 0 Å². The maximum absolute atomic E-state index is 15.2. The van der Waals surface area contributed by atoms with E-state index in [1.54, 1.807) is 36.9 Å². The van der Waals surface area contributed by atoms with Gasteiger partial charge in [-0.3, -0.25) is 0 Å². The Morgan fingerprint density at radius 3 is 2.46 bits per heavy atom. The average molecular weight is 322 g/mol. The molecule has 4 rings (SSSR count). The summed E-state index contributed by atoms with van der Waals surface area (Å²) in [6, 6.07) is 5.51. The van der Waals surface area contributed by atoms with Crippen LogP contribution < -0.4 is 4.74 Å². The molecule has 2 heterocycles. The predicted molar refractivity (Wildman–Crippen MR) is 86.1 cm³/mol. The van der Waals surface area contributed by atoms with E-state index in [2.05, 4.69) is 19.9 Å². The van der Waals surface area contributed by atoms with Gasteiger partial charge in [-0.2, -0.15) is 0 Å². The molecule has 1 aliphatic rings. The van der Waals surface area contributed by atoms with E-state index in [1.165, 1.54) is 6.33 Å². The van der Waals surface area contributed by atoms with E-state index >= 15 is 4.39 Å². The van der Waals surface area contributed by atoms with Gasteiger partial charge >= 0.3 is 6.01 Å². The fraction of sp³-hybridized carbons (Fsp3) is 0.222. The number of hydrogen-bond donors (Lipinski definition) is 0. The average Bonchev–Trinajstić information content (AvgIpc) is 2.58. The normalized spacial score (nSPS) is 14.2. The summed E-state index contributed by atoms with van der Waals surface area (Å²) in [5, 5.41) is 0. The summed E-state index contributed by atoms with van der Waals surface area (Å²) in [7, 11) is 0. The lowest BCUT2D eigenvalue weighted by molar-refractivity contribution is 0.371. The molecule has 0 unspecified atom stereocenters. The first-order valence-corrected chi connectivity index (χ1v) is 7.85. The second kappa shape index (κ2) is 6.31. The molecule has 0 N–H and O–H groups in total. The molecule has 0 spiro atoms. The molecule has 0 amide bonds. The molecule has 1 saturated carbocycles. The minimum atomic E-state index is -0.429. The highest BCUT2D eigenvalue weighted by atomic mass is 19.1. The summed E-state index contributed by atoms with van der Waals surface area (Å²) >= 11 is 0. The van der Waals surface area contributed by atoms with E-state index < -0.39 is 5.82 Å². The Morgan fingerprint density at radius 2 is 1.79 bits per heavy atom. The van der Waals surface area contributed by atoms with Gasteiger partial charge in [-0.05, 0) is 24.8 Å². The molecule has 6 heteroatoms. The van der Waals surface area contributed by atoms with Gasteiger partial charge in [0.15, 0.2) is 11.6 Å². The Balaban J connectivity index is 1.80. The molecule has 3 aromatic rings. The van der Waals surface area contributed by atoms with Crippen LogP contribution >= 0.6 is 0 Å². The minimum absolute atomic E-state index is 0.137. The molecule has 2 aromatic heterocycles. The highest BCUT2D eigenvalue weighted by molar-refractivity contribution is 5.66. The second-order valence-electron chi connectivity index (χ2n) is 5.73. The topological polar surface area (TPSA) is 60.8 Å². The highest BCUT2D eigenvalue weighted by Crippen LogP contribution is 2.44. The van der Waals surface area contributed by atoms with Crippen LogP contribution in [0.4, 0.5) is 4.39 Å². The molecule has 1 fully saturated rings. The number of rotatable bonds is 4. The minimum Gasteiger partial charge on any atom is -0.421 e. The van der Waals surface area contributed by atoms with Crippen molar-refractivity contribution >= 4 is 0 Å². The quantitative estimate of drug-likeness (QED) is 0.722. The number of halogens is 1. The van der Waals surface area contributed by atoms with Gasteiger partial charge in [0.2, 0.25) is 0 Å². The third-order valence-corrected chi connectivity index (χ3v) is 4.28. The van der Waals surface area contributed by atoms with Gasteiger partial charge < -0.3 is 4.74 Å². The monoisotopic (exact) mass is 322 g/mol. The van der Waals surface area contributed by atoms with E-state index in [0.29, 0.717) is 17.0 Å². The third kappa shape index (κ3) is 2.71. The number of ether oxygens (including phenoxy) is 1. The maximum atomic E-state index is 15.2. The summed E-state index contributed by atoms with van der Waals surface area (Å²) < 4.78 is 20.9. The first-order chi connectivity index (χ1) is 11.8. The molecule has 0 saturated heterocycles. The molecule has 1 aliphatic carbocycles. The van der Waals surface area contributed by atoms with Gasteiger partial charge in [0.25, 0.3) is 0 Å². The van der Waals surface area contributed by atoms with E-state index in [9.17, 15) is 0 Å². The van der Waals surface area contributed by atoms with Crippen molar-refractivity contribution in [3.8, 4) is 22.9 Å². The van der Waals surface area contributed by atoms with Gasteiger partial charge in [-0.15, -0.1) is 0 Å². The molecular formula is C18H15FN4O. The van der Waals surface area contributed by atoms with Gasteiger partial charge in [0, 0.05) is 41.5 Å². The lowest BCUT2D eigenvalue weighted by Crippen LogP contribution is -2.11. The Labute approximate surface area is 138 Å². The summed E-state index contributed by atoms with van der Waals surface area (Å²) in [4.78, 5) is 16.0. The van der Waals surface area contributed by atoms with Crippen LogP contribution in [0.25, 0.3) is 11.1 Å². The molecule has 1 aromatic carbocycles. The van der Waals surface area contributed by atoms with Crippen LogP contribution in [0, 0.1) is 5.82 Å². The van der Waals surface area contributed by atoms with Gasteiger partial charge in [-0.1, -0.05) is 18.6 Å². The molecule has 120 valence electrons. The van der Waals surface area contributed by atoms with Crippen molar-refractivity contribution in [3.63, 3.8) is 0 Å². The Hall–Kier alpha value is -2.89. The van der Waals surface area contributed by atoms with Crippen LogP contribution in [0.15, 0.2) is 49.3 Å². The zero-order chi connectivity index (χ0) is 16.4. The molecule has 0 aliphatic heterocycles. The number of hydrogen-bond acceptors (Lipinski definition) is 5. The van der Waals surface area contributed by atoms with Gasteiger partial charge in [0.05, 0.1) is 0 Å². The third-order valence-electron chi connectivity index (χ3n) is 4.28. The van der Waals surface area contributed by atoms with Crippen LogP contribution in [-0.2, 0) is 0 Å². The number of aromatic nitrogens is 4. The maximum Gasteiger partial charge on any atom is 0.321 e. The largest absolute Gasteiger partial charge is 0.421 e. The predicted octanol–water partition coefficient (Wildman–Crippen LogP) is 4.13. The first kappa shape index (κ1) is 14.7. The van der Waals surface area contributed by atoms with Crippen LogP contribution in [0.5, 0.6) is 11.8 Å². The summed E-state index contributed by atoms with van der Waals surface area (Å²) in [6.45, 7) is 0. The smallest absolute Gasteiger partial charge is 0.321 e. The summed E-state index contributed by atoms with van der Waals surface area (Å²) in [6.07, 6.45) is 10.9. The SMILES string of the molecule is Fc1c(-c2cncnc2)ccc(C2CCC2)c1Oc1ncccn1. The highest BCUT2D eigenvalue weighted by Gasteiger charge is 2.27. The molecule has 0 atom stereocenters. The summed E-state index contributed by atoms with van der Waals surface area (Å²) in [5.41, 5.74) is 1.88. The van der Waals surface area contributed by atoms with Gasteiger partial charge in [0.1, 0.15) is 6.33 Å². The fourth-order valence-corrected chi connectivity index (χ4v) is 2.81. The molecule has 5 nitrogen and oxygen atoms in total. The zero-order valence-electron chi connectivity index (χ0n) is 12.9. The van der Waals surface area contributed by atoms with Crippen molar-refractivity contribution in [1.29, 1.82) is 0 Å². The molecule has 0 radical (unpaired) electrons. The van der Waals surface area contributed by atoms with Crippen molar-refractivity contribution in [3.05, 3.63) is 60.7 Å². The number of benzene rings is 1. The molecular weight excluding hydrogens is 307 g/mol. The van der Waals surface area contributed by atoms with E-state index in [1.807, 2.05) is 6.07 Å².